The standard InChI is InChI=1S/C16H23N3O2S/c1-2-3-4-5-6-7-8-11-18-16(21)19-15(20)13-10-9-12-17-14(13)22-19/h9-10,12H,2-8,11H2,1H3,(H,18,21). The van der Waals surface area contributed by atoms with Crippen molar-refractivity contribution in [1.82, 2.24) is 14.3 Å². The van der Waals surface area contributed by atoms with Gasteiger partial charge in [-0.05, 0) is 30.1 Å². The van der Waals surface area contributed by atoms with Crippen molar-refractivity contribution in [2.75, 3.05) is 6.54 Å². The molecule has 5 nitrogen and oxygen atoms in total. The van der Waals surface area contributed by atoms with E-state index < -0.39 is 0 Å². The zero-order valence-corrected chi connectivity index (χ0v) is 13.8. The molecule has 6 heteroatoms. The number of fused-ring (bicyclic) bond motifs is 1. The summed E-state index contributed by atoms with van der Waals surface area (Å²) in [7, 11) is 0. The first kappa shape index (κ1) is 16.7. The number of hydrogen-bond donors (Lipinski definition) is 1. The van der Waals surface area contributed by atoms with Crippen LogP contribution in [0.4, 0.5) is 4.79 Å². The monoisotopic (exact) mass is 321 g/mol. The fourth-order valence-corrected chi connectivity index (χ4v) is 3.21. The normalized spacial score (nSPS) is 11.0. The van der Waals surface area contributed by atoms with Crippen LogP contribution in [-0.4, -0.2) is 21.5 Å². The molecule has 0 bridgehead atoms. The Bertz CT molecular complexity index is 663. The Morgan fingerprint density at radius 2 is 1.95 bits per heavy atom. The van der Waals surface area contributed by atoms with Crippen LogP contribution in [0.2, 0.25) is 0 Å². The van der Waals surface area contributed by atoms with E-state index in [2.05, 4.69) is 17.2 Å². The Labute approximate surface area is 134 Å². The minimum absolute atomic E-state index is 0.287. The van der Waals surface area contributed by atoms with E-state index in [1.165, 1.54) is 32.1 Å². The van der Waals surface area contributed by atoms with E-state index in [9.17, 15) is 9.59 Å². The van der Waals surface area contributed by atoms with E-state index in [-0.39, 0.29) is 11.6 Å². The summed E-state index contributed by atoms with van der Waals surface area (Å²) >= 11 is 1.09. The predicted octanol–water partition coefficient (Wildman–Crippen LogP) is 3.77. The molecule has 0 spiro atoms. The first-order valence-corrected chi connectivity index (χ1v) is 8.76. The molecule has 22 heavy (non-hydrogen) atoms. The van der Waals surface area contributed by atoms with Crippen molar-refractivity contribution >= 4 is 27.8 Å². The Hall–Kier alpha value is -1.69. The lowest BCUT2D eigenvalue weighted by atomic mass is 10.1. The third-order valence-electron chi connectivity index (χ3n) is 3.60. The number of rotatable bonds is 8. The van der Waals surface area contributed by atoms with Crippen molar-refractivity contribution in [2.45, 2.75) is 51.9 Å². The van der Waals surface area contributed by atoms with Crippen molar-refractivity contribution < 1.29 is 4.79 Å². The van der Waals surface area contributed by atoms with Crippen LogP contribution in [-0.2, 0) is 0 Å². The summed E-state index contributed by atoms with van der Waals surface area (Å²) in [4.78, 5) is 28.8. The second kappa shape index (κ2) is 8.68. The molecule has 2 rings (SSSR count). The molecule has 0 radical (unpaired) electrons. The van der Waals surface area contributed by atoms with Crippen LogP contribution in [0.15, 0.2) is 23.1 Å². The summed E-state index contributed by atoms with van der Waals surface area (Å²) in [6, 6.07) is 3.05. The molecule has 2 aromatic rings. The van der Waals surface area contributed by atoms with Gasteiger partial charge in [0.15, 0.2) is 0 Å². The minimum atomic E-state index is -0.348. The number of hydrogen-bond acceptors (Lipinski definition) is 4. The maximum atomic E-state index is 12.1. The van der Waals surface area contributed by atoms with Crippen LogP contribution in [0, 0.1) is 0 Å². The summed E-state index contributed by atoms with van der Waals surface area (Å²) in [5.41, 5.74) is -0.287. The number of pyridine rings is 1. The van der Waals surface area contributed by atoms with Crippen molar-refractivity contribution in [1.29, 1.82) is 0 Å². The van der Waals surface area contributed by atoms with Crippen LogP contribution < -0.4 is 10.9 Å². The highest BCUT2D eigenvalue weighted by Gasteiger charge is 2.13. The van der Waals surface area contributed by atoms with E-state index in [0.717, 1.165) is 28.3 Å². The number of carbonyl (C=O) groups is 1. The second-order valence-corrected chi connectivity index (χ2v) is 6.33. The molecular formula is C16H23N3O2S. The quantitative estimate of drug-likeness (QED) is 0.753. The van der Waals surface area contributed by atoms with Gasteiger partial charge in [-0.1, -0.05) is 45.4 Å². The maximum Gasteiger partial charge on any atom is 0.338 e. The summed E-state index contributed by atoms with van der Waals surface area (Å²) in [5.74, 6) is 0. The molecule has 0 unspecified atom stereocenters. The Balaban J connectivity index is 1.75. The Morgan fingerprint density at radius 3 is 2.68 bits per heavy atom. The first-order chi connectivity index (χ1) is 10.7. The lowest BCUT2D eigenvalue weighted by molar-refractivity contribution is 0.243. The highest BCUT2D eigenvalue weighted by Crippen LogP contribution is 2.12. The number of amides is 1. The van der Waals surface area contributed by atoms with Gasteiger partial charge in [0.05, 0.1) is 5.39 Å². The molecule has 120 valence electrons. The van der Waals surface area contributed by atoms with Gasteiger partial charge in [0.1, 0.15) is 4.83 Å². The van der Waals surface area contributed by atoms with Gasteiger partial charge in [-0.25, -0.2) is 9.78 Å². The minimum Gasteiger partial charge on any atom is -0.337 e. The van der Waals surface area contributed by atoms with E-state index in [1.807, 2.05) is 0 Å². The summed E-state index contributed by atoms with van der Waals surface area (Å²) < 4.78 is 1.15. The van der Waals surface area contributed by atoms with Crippen LogP contribution in [0.1, 0.15) is 51.9 Å². The molecule has 1 N–H and O–H groups in total. The van der Waals surface area contributed by atoms with E-state index in [4.69, 9.17) is 0 Å². The summed E-state index contributed by atoms with van der Waals surface area (Å²) in [6.07, 6.45) is 10.0. The van der Waals surface area contributed by atoms with Crippen molar-refractivity contribution in [3.8, 4) is 0 Å². The molecule has 0 aliphatic heterocycles. The smallest absolute Gasteiger partial charge is 0.337 e. The SMILES string of the molecule is CCCCCCCCCNC(=O)n1sc2ncccc2c1=O. The summed E-state index contributed by atoms with van der Waals surface area (Å²) in [6.45, 7) is 2.82. The van der Waals surface area contributed by atoms with Gasteiger partial charge in [0.2, 0.25) is 0 Å². The highest BCUT2D eigenvalue weighted by atomic mass is 32.1. The molecule has 0 aliphatic carbocycles. The van der Waals surface area contributed by atoms with Crippen LogP contribution in [0.3, 0.4) is 0 Å². The lowest BCUT2D eigenvalue weighted by Crippen LogP contribution is -2.33. The molecule has 0 aromatic carbocycles. The zero-order chi connectivity index (χ0) is 15.8. The van der Waals surface area contributed by atoms with E-state index in [1.54, 1.807) is 18.3 Å². The zero-order valence-electron chi connectivity index (χ0n) is 13.0. The largest absolute Gasteiger partial charge is 0.338 e. The number of carbonyl (C=O) groups excluding carboxylic acids is 1. The van der Waals surface area contributed by atoms with Crippen LogP contribution in [0.5, 0.6) is 0 Å². The Morgan fingerprint density at radius 1 is 1.23 bits per heavy atom. The van der Waals surface area contributed by atoms with Crippen molar-refractivity contribution in [3.63, 3.8) is 0 Å². The topological polar surface area (TPSA) is 64.0 Å². The van der Waals surface area contributed by atoms with E-state index >= 15 is 0 Å². The molecule has 0 atom stereocenters. The highest BCUT2D eigenvalue weighted by molar-refractivity contribution is 7.14. The average molecular weight is 321 g/mol. The van der Waals surface area contributed by atoms with E-state index in [0.29, 0.717) is 16.8 Å². The molecular weight excluding hydrogens is 298 g/mol. The number of nitrogens with zero attached hydrogens (tertiary/aromatic N) is 2. The maximum absolute atomic E-state index is 12.1. The third-order valence-corrected chi connectivity index (χ3v) is 4.62. The second-order valence-electron chi connectivity index (χ2n) is 5.40. The fourth-order valence-electron chi connectivity index (χ4n) is 2.35. The van der Waals surface area contributed by atoms with Crippen molar-refractivity contribution in [3.05, 3.63) is 28.7 Å². The first-order valence-electron chi connectivity index (χ1n) is 7.99. The fraction of sp³-hybridized carbons (Fsp3) is 0.562. The molecule has 2 aromatic heterocycles. The molecule has 2 heterocycles. The Kier molecular flexibility index (Phi) is 6.58. The third kappa shape index (κ3) is 4.40. The van der Waals surface area contributed by atoms with Gasteiger partial charge in [0.25, 0.3) is 5.56 Å². The van der Waals surface area contributed by atoms with Gasteiger partial charge < -0.3 is 5.32 Å². The van der Waals surface area contributed by atoms with Crippen LogP contribution >= 0.6 is 11.5 Å². The molecule has 0 aliphatic rings. The van der Waals surface area contributed by atoms with Gasteiger partial charge >= 0.3 is 6.03 Å². The molecule has 0 saturated carbocycles. The van der Waals surface area contributed by atoms with Gasteiger partial charge in [-0.15, -0.1) is 0 Å². The van der Waals surface area contributed by atoms with Crippen LogP contribution in [0.25, 0.3) is 10.2 Å². The van der Waals surface area contributed by atoms with Gasteiger partial charge in [0, 0.05) is 12.7 Å². The molecule has 0 fully saturated rings. The summed E-state index contributed by atoms with van der Waals surface area (Å²) in [5, 5.41) is 3.31. The number of unbranched alkanes of at least 4 members (excludes halogenated alkanes) is 6. The lowest BCUT2D eigenvalue weighted by Gasteiger charge is -2.04. The number of aromatic nitrogens is 2. The molecule has 1 amide bonds. The molecule has 0 saturated heterocycles. The number of nitrogens with one attached hydrogen (secondary N) is 1. The van der Waals surface area contributed by atoms with Gasteiger partial charge in [-0.2, -0.15) is 3.96 Å². The predicted molar refractivity (Wildman–Crippen MR) is 90.7 cm³/mol. The average Bonchev–Trinajstić information content (AvgIpc) is 2.87. The van der Waals surface area contributed by atoms with Gasteiger partial charge in [-0.3, -0.25) is 4.79 Å². The van der Waals surface area contributed by atoms with Crippen molar-refractivity contribution in [2.24, 2.45) is 0 Å².